The highest BCUT2D eigenvalue weighted by molar-refractivity contribution is 7.89. The third-order valence-electron chi connectivity index (χ3n) is 4.07. The minimum Gasteiger partial charge on any atom is -0.480 e. The number of nitrogens with one attached hydrogen (secondary N) is 1. The molecule has 1 fully saturated rings. The first kappa shape index (κ1) is 20.6. The highest BCUT2D eigenvalue weighted by Crippen LogP contribution is 2.34. The number of nitrogens with zero attached hydrogens (tertiary/aromatic N) is 1. The smallest absolute Gasteiger partial charge is 0.419 e. The van der Waals surface area contributed by atoms with E-state index in [1.165, 1.54) is 0 Å². The second-order valence-electron chi connectivity index (χ2n) is 6.04. The Bertz CT molecular complexity index is 767. The van der Waals surface area contributed by atoms with Gasteiger partial charge >= 0.3 is 12.1 Å². The standard InChI is InChI=1S/C15H18F4N2O4S/c16-13-4-3-11(6-12(13)15(17,18)19)26(24,25)21-5-1-2-10(9-21)7-20-8-14(22)23/h3-4,6,10,20H,1-2,5,7-9H2,(H,22,23). The van der Waals surface area contributed by atoms with Gasteiger partial charge in [-0.1, -0.05) is 0 Å². The molecular formula is C15H18F4N2O4S. The van der Waals surface area contributed by atoms with Crippen LogP contribution in [-0.4, -0.2) is 50.0 Å². The van der Waals surface area contributed by atoms with Crippen LogP contribution in [0.1, 0.15) is 18.4 Å². The Hall–Kier alpha value is -1.72. The normalized spacial score (nSPS) is 19.5. The molecule has 26 heavy (non-hydrogen) atoms. The van der Waals surface area contributed by atoms with Crippen LogP contribution in [0.5, 0.6) is 0 Å². The van der Waals surface area contributed by atoms with Gasteiger partial charge in [-0.05, 0) is 43.5 Å². The number of alkyl halides is 3. The molecule has 2 rings (SSSR count). The summed E-state index contributed by atoms with van der Waals surface area (Å²) >= 11 is 0. The van der Waals surface area contributed by atoms with Gasteiger partial charge in [-0.2, -0.15) is 17.5 Å². The predicted octanol–water partition coefficient (Wildman–Crippen LogP) is 1.92. The fourth-order valence-corrected chi connectivity index (χ4v) is 4.41. The van der Waals surface area contributed by atoms with Crippen molar-refractivity contribution in [2.45, 2.75) is 23.9 Å². The predicted molar refractivity (Wildman–Crippen MR) is 83.4 cm³/mol. The summed E-state index contributed by atoms with van der Waals surface area (Å²) in [5.74, 6) is -2.75. The van der Waals surface area contributed by atoms with Crippen molar-refractivity contribution in [3.8, 4) is 0 Å². The zero-order valence-electron chi connectivity index (χ0n) is 13.6. The van der Waals surface area contributed by atoms with Crippen molar-refractivity contribution in [2.24, 2.45) is 5.92 Å². The van der Waals surface area contributed by atoms with Crippen LogP contribution >= 0.6 is 0 Å². The first-order valence-corrected chi connectivity index (χ1v) is 9.25. The number of sulfonamides is 1. The van der Waals surface area contributed by atoms with E-state index in [1.807, 2.05) is 0 Å². The van der Waals surface area contributed by atoms with Gasteiger partial charge in [0.2, 0.25) is 10.0 Å². The Balaban J connectivity index is 2.17. The average Bonchev–Trinajstić information content (AvgIpc) is 2.54. The molecular weight excluding hydrogens is 380 g/mol. The topological polar surface area (TPSA) is 86.7 Å². The fourth-order valence-electron chi connectivity index (χ4n) is 2.83. The summed E-state index contributed by atoms with van der Waals surface area (Å²) in [6, 6.07) is 1.61. The van der Waals surface area contributed by atoms with E-state index in [0.717, 1.165) is 10.4 Å². The van der Waals surface area contributed by atoms with Crippen molar-refractivity contribution in [3.63, 3.8) is 0 Å². The maximum Gasteiger partial charge on any atom is 0.419 e. The third kappa shape index (κ3) is 4.92. The van der Waals surface area contributed by atoms with Gasteiger partial charge in [-0.15, -0.1) is 0 Å². The van der Waals surface area contributed by atoms with Crippen molar-refractivity contribution in [3.05, 3.63) is 29.6 Å². The maximum atomic E-state index is 13.4. The molecule has 1 saturated heterocycles. The van der Waals surface area contributed by atoms with E-state index in [-0.39, 0.29) is 32.1 Å². The Morgan fingerprint density at radius 1 is 1.35 bits per heavy atom. The van der Waals surface area contributed by atoms with Crippen LogP contribution in [0.4, 0.5) is 17.6 Å². The summed E-state index contributed by atoms with van der Waals surface area (Å²) in [5, 5.41) is 11.3. The largest absolute Gasteiger partial charge is 0.480 e. The molecule has 0 aliphatic carbocycles. The van der Waals surface area contributed by atoms with E-state index in [2.05, 4.69) is 5.32 Å². The highest BCUT2D eigenvalue weighted by Gasteiger charge is 2.37. The molecule has 0 bridgehead atoms. The number of carbonyl (C=O) groups is 1. The lowest BCUT2D eigenvalue weighted by Crippen LogP contribution is -2.43. The van der Waals surface area contributed by atoms with E-state index in [1.54, 1.807) is 0 Å². The second-order valence-corrected chi connectivity index (χ2v) is 7.97. The SMILES string of the molecule is O=C(O)CNCC1CCCN(S(=O)(=O)c2ccc(F)c(C(F)(F)F)c2)C1. The lowest BCUT2D eigenvalue weighted by Gasteiger charge is -2.32. The second kappa shape index (κ2) is 7.89. The number of rotatable bonds is 6. The summed E-state index contributed by atoms with van der Waals surface area (Å²) in [4.78, 5) is 9.88. The molecule has 0 aromatic heterocycles. The number of halogens is 4. The van der Waals surface area contributed by atoms with Crippen LogP contribution in [0.2, 0.25) is 0 Å². The number of aliphatic carboxylic acids is 1. The summed E-state index contributed by atoms with van der Waals surface area (Å²) in [5.41, 5.74) is -1.63. The molecule has 0 radical (unpaired) electrons. The zero-order chi connectivity index (χ0) is 19.5. The van der Waals surface area contributed by atoms with Crippen LogP contribution in [-0.2, 0) is 21.0 Å². The average molecular weight is 398 g/mol. The fraction of sp³-hybridized carbons (Fsp3) is 0.533. The number of carboxylic acid groups (broad SMARTS) is 1. The number of hydrogen-bond acceptors (Lipinski definition) is 4. The number of carboxylic acids is 1. The van der Waals surface area contributed by atoms with Gasteiger partial charge in [-0.25, -0.2) is 12.8 Å². The number of hydrogen-bond donors (Lipinski definition) is 2. The molecule has 1 aliphatic rings. The number of piperidine rings is 1. The van der Waals surface area contributed by atoms with Crippen LogP contribution < -0.4 is 5.32 Å². The van der Waals surface area contributed by atoms with Crippen molar-refractivity contribution >= 4 is 16.0 Å². The van der Waals surface area contributed by atoms with Crippen LogP contribution in [0.3, 0.4) is 0 Å². The Kier molecular flexibility index (Phi) is 6.25. The lowest BCUT2D eigenvalue weighted by molar-refractivity contribution is -0.140. The van der Waals surface area contributed by atoms with E-state index < -0.39 is 38.4 Å². The quantitative estimate of drug-likeness (QED) is 0.715. The van der Waals surface area contributed by atoms with Gasteiger partial charge in [0.1, 0.15) is 5.82 Å². The van der Waals surface area contributed by atoms with Crippen LogP contribution in [0.25, 0.3) is 0 Å². The molecule has 0 spiro atoms. The van der Waals surface area contributed by atoms with E-state index in [4.69, 9.17) is 5.11 Å². The Morgan fingerprint density at radius 2 is 2.04 bits per heavy atom. The van der Waals surface area contributed by atoms with Crippen molar-refractivity contribution in [1.29, 1.82) is 0 Å². The Labute approximate surface area is 147 Å². The Morgan fingerprint density at radius 3 is 2.65 bits per heavy atom. The van der Waals surface area contributed by atoms with E-state index in [9.17, 15) is 30.8 Å². The molecule has 0 amide bonds. The van der Waals surface area contributed by atoms with E-state index >= 15 is 0 Å². The monoisotopic (exact) mass is 398 g/mol. The summed E-state index contributed by atoms with van der Waals surface area (Å²) < 4.78 is 78.1. The lowest BCUT2D eigenvalue weighted by atomic mass is 10.00. The van der Waals surface area contributed by atoms with Crippen molar-refractivity contribution in [2.75, 3.05) is 26.2 Å². The summed E-state index contributed by atoms with van der Waals surface area (Å²) in [6.45, 7) is 0.190. The molecule has 6 nitrogen and oxygen atoms in total. The molecule has 0 saturated carbocycles. The molecule has 1 aromatic carbocycles. The van der Waals surface area contributed by atoms with Gasteiger partial charge < -0.3 is 10.4 Å². The summed E-state index contributed by atoms with van der Waals surface area (Å²) in [7, 11) is -4.21. The molecule has 1 aliphatic heterocycles. The van der Waals surface area contributed by atoms with Gasteiger partial charge in [0, 0.05) is 13.1 Å². The molecule has 1 atom stereocenters. The zero-order valence-corrected chi connectivity index (χ0v) is 14.4. The minimum atomic E-state index is -5.00. The maximum absolute atomic E-state index is 13.4. The van der Waals surface area contributed by atoms with Crippen LogP contribution in [0, 0.1) is 11.7 Å². The molecule has 11 heteroatoms. The highest BCUT2D eigenvalue weighted by atomic mass is 32.2. The van der Waals surface area contributed by atoms with Gasteiger partial charge in [-0.3, -0.25) is 4.79 Å². The van der Waals surface area contributed by atoms with Gasteiger partial charge in [0.25, 0.3) is 0 Å². The molecule has 1 aromatic rings. The van der Waals surface area contributed by atoms with E-state index in [0.29, 0.717) is 25.0 Å². The first-order valence-electron chi connectivity index (χ1n) is 7.81. The molecule has 1 heterocycles. The third-order valence-corrected chi connectivity index (χ3v) is 5.93. The van der Waals surface area contributed by atoms with Crippen molar-refractivity contribution < 1.29 is 35.9 Å². The van der Waals surface area contributed by atoms with Gasteiger partial charge in [0.15, 0.2) is 0 Å². The molecule has 2 N–H and O–H groups in total. The number of benzene rings is 1. The molecule has 146 valence electrons. The summed E-state index contributed by atoms with van der Waals surface area (Å²) in [6.07, 6.45) is -3.84. The molecule has 1 unspecified atom stereocenters. The van der Waals surface area contributed by atoms with Crippen LogP contribution in [0.15, 0.2) is 23.1 Å². The minimum absolute atomic E-state index is 0.0493. The van der Waals surface area contributed by atoms with Gasteiger partial charge in [0.05, 0.1) is 17.0 Å². The first-order chi connectivity index (χ1) is 12.0. The van der Waals surface area contributed by atoms with Crippen molar-refractivity contribution in [1.82, 2.24) is 9.62 Å².